The van der Waals surface area contributed by atoms with Gasteiger partial charge in [0.1, 0.15) is 23.8 Å². The molecule has 0 aliphatic carbocycles. The number of rotatable bonds is 11. The highest BCUT2D eigenvalue weighted by atomic mass is 16.5. The number of benzene rings is 3. The van der Waals surface area contributed by atoms with Gasteiger partial charge in [-0.2, -0.15) is 0 Å². The fraction of sp³-hybridized carbons (Fsp3) is 0.222. The number of hydrogen-bond acceptors (Lipinski definition) is 7. The van der Waals surface area contributed by atoms with Crippen molar-refractivity contribution in [1.82, 2.24) is 10.6 Å². The predicted octanol–water partition coefficient (Wildman–Crippen LogP) is 2.89. The van der Waals surface area contributed by atoms with Crippen LogP contribution in [0.25, 0.3) is 0 Å². The van der Waals surface area contributed by atoms with Gasteiger partial charge in [0, 0.05) is 5.56 Å². The van der Waals surface area contributed by atoms with Crippen LogP contribution in [-0.2, 0) is 14.3 Å². The number of nitrogens with one attached hydrogen (secondary N) is 2. The van der Waals surface area contributed by atoms with Crippen LogP contribution >= 0.6 is 0 Å². The van der Waals surface area contributed by atoms with Crippen LogP contribution in [0.5, 0.6) is 17.2 Å². The maximum atomic E-state index is 12.6. The molecule has 9 heteroatoms. The molecule has 0 radical (unpaired) electrons. The molecule has 0 spiro atoms. The number of amides is 2. The fourth-order valence-corrected chi connectivity index (χ4v) is 3.35. The summed E-state index contributed by atoms with van der Waals surface area (Å²) in [5.41, 5.74) is 1.99. The zero-order chi connectivity index (χ0) is 25.9. The molecule has 2 N–H and O–H groups in total. The quantitative estimate of drug-likeness (QED) is 0.396. The van der Waals surface area contributed by atoms with Crippen molar-refractivity contribution in [3.8, 4) is 17.2 Å². The van der Waals surface area contributed by atoms with Gasteiger partial charge in [0.25, 0.3) is 11.8 Å². The minimum atomic E-state index is -0.738. The first kappa shape index (κ1) is 26.1. The molecule has 9 nitrogen and oxygen atoms in total. The number of hydrogen-bond donors (Lipinski definition) is 2. The van der Waals surface area contributed by atoms with Crippen LogP contribution in [0.2, 0.25) is 0 Å². The maximum absolute atomic E-state index is 12.6. The smallest absolute Gasteiger partial charge is 0.325 e. The van der Waals surface area contributed by atoms with Crippen molar-refractivity contribution < 1.29 is 33.3 Å². The van der Waals surface area contributed by atoms with Crippen LogP contribution in [0, 0.1) is 0 Å². The van der Waals surface area contributed by atoms with Gasteiger partial charge in [-0.25, -0.2) is 0 Å². The first-order chi connectivity index (χ1) is 17.4. The standard InChI is InChI=1S/C27H28N2O7/c1-33-21-10-4-18(5-11-21)26(19-6-12-22(34-2)13-7-19)29-24(30)17-36-25(31)16-28-27(32)20-8-14-23(35-3)15-9-20/h4-15,26H,16-17H2,1-3H3,(H,28,32)(H,29,30). The summed E-state index contributed by atoms with van der Waals surface area (Å²) in [6.45, 7) is -0.876. The van der Waals surface area contributed by atoms with Crippen molar-refractivity contribution in [3.63, 3.8) is 0 Å². The van der Waals surface area contributed by atoms with E-state index in [-0.39, 0.29) is 6.54 Å². The Kier molecular flexibility index (Phi) is 9.27. The highest BCUT2D eigenvalue weighted by Crippen LogP contribution is 2.26. The Morgan fingerprint density at radius 3 is 1.58 bits per heavy atom. The van der Waals surface area contributed by atoms with E-state index in [4.69, 9.17) is 18.9 Å². The molecule has 0 unspecified atom stereocenters. The molecule has 0 atom stereocenters. The Morgan fingerprint density at radius 1 is 0.694 bits per heavy atom. The van der Waals surface area contributed by atoms with Crippen LogP contribution in [0.15, 0.2) is 72.8 Å². The zero-order valence-electron chi connectivity index (χ0n) is 20.3. The van der Waals surface area contributed by atoms with Gasteiger partial charge < -0.3 is 29.6 Å². The predicted molar refractivity (Wildman–Crippen MR) is 132 cm³/mol. The molecule has 0 fully saturated rings. The normalized spacial score (nSPS) is 10.3. The topological polar surface area (TPSA) is 112 Å². The lowest BCUT2D eigenvalue weighted by atomic mass is 9.98. The summed E-state index contributed by atoms with van der Waals surface area (Å²) in [5, 5.41) is 5.35. The van der Waals surface area contributed by atoms with Crippen molar-refractivity contribution >= 4 is 17.8 Å². The van der Waals surface area contributed by atoms with Crippen LogP contribution in [0.4, 0.5) is 0 Å². The Hall–Kier alpha value is -4.53. The van der Waals surface area contributed by atoms with Gasteiger partial charge in [-0.05, 0) is 59.7 Å². The lowest BCUT2D eigenvalue weighted by molar-refractivity contribution is -0.147. The van der Waals surface area contributed by atoms with Crippen LogP contribution in [0.3, 0.4) is 0 Å². The van der Waals surface area contributed by atoms with Crippen LogP contribution < -0.4 is 24.8 Å². The summed E-state index contributed by atoms with van der Waals surface area (Å²) in [6, 6.07) is 20.5. The molecule has 0 aromatic heterocycles. The van der Waals surface area contributed by atoms with E-state index in [9.17, 15) is 14.4 Å². The number of ether oxygens (including phenoxy) is 4. The first-order valence-electron chi connectivity index (χ1n) is 11.1. The van der Waals surface area contributed by atoms with Crippen molar-refractivity contribution in [2.75, 3.05) is 34.5 Å². The molecule has 2 amide bonds. The molecule has 0 bridgehead atoms. The van der Waals surface area contributed by atoms with E-state index >= 15 is 0 Å². The Bertz CT molecular complexity index is 1110. The van der Waals surface area contributed by atoms with Gasteiger partial charge >= 0.3 is 5.97 Å². The summed E-state index contributed by atoms with van der Waals surface area (Å²) >= 11 is 0. The summed E-state index contributed by atoms with van der Waals surface area (Å²) in [6.07, 6.45) is 0. The summed E-state index contributed by atoms with van der Waals surface area (Å²) in [4.78, 5) is 36.9. The van der Waals surface area contributed by atoms with E-state index < -0.39 is 30.4 Å². The molecule has 36 heavy (non-hydrogen) atoms. The van der Waals surface area contributed by atoms with E-state index in [0.717, 1.165) is 11.1 Å². The summed E-state index contributed by atoms with van der Waals surface area (Å²) < 4.78 is 20.5. The van der Waals surface area contributed by atoms with Crippen molar-refractivity contribution in [1.29, 1.82) is 0 Å². The molecule has 0 saturated carbocycles. The molecule has 3 aromatic rings. The largest absolute Gasteiger partial charge is 0.497 e. The Balaban J connectivity index is 1.57. The minimum absolute atomic E-state index is 0.364. The van der Waals surface area contributed by atoms with Gasteiger partial charge in [-0.15, -0.1) is 0 Å². The zero-order valence-corrected chi connectivity index (χ0v) is 20.3. The number of esters is 1. The Morgan fingerprint density at radius 2 is 1.14 bits per heavy atom. The third-order valence-electron chi connectivity index (χ3n) is 5.31. The van der Waals surface area contributed by atoms with E-state index in [2.05, 4.69) is 10.6 Å². The molecule has 188 valence electrons. The van der Waals surface area contributed by atoms with Gasteiger partial charge in [0.05, 0.1) is 27.4 Å². The summed E-state index contributed by atoms with van der Waals surface area (Å²) in [5.74, 6) is 0.296. The van der Waals surface area contributed by atoms with E-state index in [1.165, 1.54) is 7.11 Å². The molecule has 0 heterocycles. The highest BCUT2D eigenvalue weighted by molar-refractivity contribution is 5.96. The van der Waals surface area contributed by atoms with Crippen LogP contribution in [-0.4, -0.2) is 52.3 Å². The second kappa shape index (κ2) is 12.8. The van der Waals surface area contributed by atoms with E-state index in [1.54, 1.807) is 62.8 Å². The van der Waals surface area contributed by atoms with Crippen molar-refractivity contribution in [2.45, 2.75) is 6.04 Å². The molecular weight excluding hydrogens is 464 g/mol. The SMILES string of the molecule is COc1ccc(C(=O)NCC(=O)OCC(=O)NC(c2ccc(OC)cc2)c2ccc(OC)cc2)cc1. The lowest BCUT2D eigenvalue weighted by Gasteiger charge is -2.20. The first-order valence-corrected chi connectivity index (χ1v) is 11.1. The van der Waals surface area contributed by atoms with Gasteiger partial charge in [0.15, 0.2) is 6.61 Å². The molecular formula is C27H28N2O7. The maximum Gasteiger partial charge on any atom is 0.325 e. The van der Waals surface area contributed by atoms with Crippen LogP contribution in [0.1, 0.15) is 27.5 Å². The van der Waals surface area contributed by atoms with Crippen molar-refractivity contribution in [3.05, 3.63) is 89.5 Å². The minimum Gasteiger partial charge on any atom is -0.497 e. The second-order valence-corrected chi connectivity index (χ2v) is 7.62. The molecule has 3 aromatic carbocycles. The lowest BCUT2D eigenvalue weighted by Crippen LogP contribution is -2.35. The average molecular weight is 493 g/mol. The third kappa shape index (κ3) is 7.23. The second-order valence-electron chi connectivity index (χ2n) is 7.62. The number of carbonyl (C=O) groups is 3. The van der Waals surface area contributed by atoms with Crippen molar-refractivity contribution in [2.24, 2.45) is 0 Å². The molecule has 3 rings (SSSR count). The third-order valence-corrected chi connectivity index (χ3v) is 5.31. The summed E-state index contributed by atoms with van der Waals surface area (Å²) in [7, 11) is 4.68. The van der Waals surface area contributed by atoms with E-state index in [1.807, 2.05) is 24.3 Å². The molecule has 0 aliphatic rings. The molecule has 0 aliphatic heterocycles. The van der Waals surface area contributed by atoms with Gasteiger partial charge in [-0.3, -0.25) is 14.4 Å². The number of carbonyl (C=O) groups excluding carboxylic acids is 3. The van der Waals surface area contributed by atoms with E-state index in [0.29, 0.717) is 22.8 Å². The number of methoxy groups -OCH3 is 3. The molecule has 0 saturated heterocycles. The average Bonchev–Trinajstić information content (AvgIpc) is 2.93. The highest BCUT2D eigenvalue weighted by Gasteiger charge is 2.19. The Labute approximate surface area is 209 Å². The van der Waals surface area contributed by atoms with Gasteiger partial charge in [-0.1, -0.05) is 24.3 Å². The fourth-order valence-electron chi connectivity index (χ4n) is 3.35. The van der Waals surface area contributed by atoms with Gasteiger partial charge in [0.2, 0.25) is 0 Å². The monoisotopic (exact) mass is 492 g/mol.